The Morgan fingerprint density at radius 1 is 1.50 bits per heavy atom. The lowest BCUT2D eigenvalue weighted by Crippen LogP contribution is -2.03. The van der Waals surface area contributed by atoms with Crippen LogP contribution in [0.4, 0.5) is 10.1 Å². The monoisotopic (exact) mass is 185 g/mol. The van der Waals surface area contributed by atoms with Crippen LogP contribution in [0, 0.1) is 5.82 Å². The largest absolute Gasteiger partial charge is 0.325 e. The molecule has 0 aromatic heterocycles. The fourth-order valence-electron chi connectivity index (χ4n) is 1.24. The fourth-order valence-corrected chi connectivity index (χ4v) is 1.47. The lowest BCUT2D eigenvalue weighted by atomic mass is 10.1. The summed E-state index contributed by atoms with van der Waals surface area (Å²) in [5.41, 5.74) is 1.17. The van der Waals surface area contributed by atoms with Gasteiger partial charge in [-0.05, 0) is 12.1 Å². The molecule has 0 saturated heterocycles. The Morgan fingerprint density at radius 3 is 3.00 bits per heavy atom. The van der Waals surface area contributed by atoms with E-state index in [1.54, 1.807) is 0 Å². The number of carbonyl (C=O) groups excluding carboxylic acids is 1. The standard InChI is InChI=1S/C8H5ClFNO/c9-8-4-3-7(12)11-6(4)2-1-5(8)10/h1-2H,3H2,(H,11,12). The quantitative estimate of drug-likeness (QED) is 0.658. The maximum atomic E-state index is 12.8. The van der Waals surface area contributed by atoms with E-state index in [0.29, 0.717) is 11.3 Å². The number of amides is 1. The van der Waals surface area contributed by atoms with Crippen molar-refractivity contribution in [3.05, 3.63) is 28.5 Å². The molecule has 0 radical (unpaired) electrons. The molecule has 1 aliphatic heterocycles. The lowest BCUT2D eigenvalue weighted by Gasteiger charge is -2.00. The molecule has 0 bridgehead atoms. The maximum Gasteiger partial charge on any atom is 0.228 e. The third kappa shape index (κ3) is 0.975. The summed E-state index contributed by atoms with van der Waals surface area (Å²) in [6.45, 7) is 0. The topological polar surface area (TPSA) is 29.1 Å². The molecule has 0 fully saturated rings. The molecule has 62 valence electrons. The molecule has 4 heteroatoms. The van der Waals surface area contributed by atoms with Gasteiger partial charge in [-0.25, -0.2) is 4.39 Å². The van der Waals surface area contributed by atoms with Crippen LogP contribution in [-0.4, -0.2) is 5.91 Å². The number of fused-ring (bicyclic) bond motifs is 1. The van der Waals surface area contributed by atoms with E-state index in [4.69, 9.17) is 11.6 Å². The van der Waals surface area contributed by atoms with Crippen LogP contribution in [0.3, 0.4) is 0 Å². The zero-order chi connectivity index (χ0) is 8.72. The van der Waals surface area contributed by atoms with Crippen molar-refractivity contribution in [1.29, 1.82) is 0 Å². The first kappa shape index (κ1) is 7.55. The van der Waals surface area contributed by atoms with E-state index in [9.17, 15) is 9.18 Å². The molecular formula is C8H5ClFNO. The smallest absolute Gasteiger partial charge is 0.228 e. The average Bonchev–Trinajstić information content (AvgIpc) is 2.39. The molecule has 1 amide bonds. The number of anilines is 1. The third-order valence-electron chi connectivity index (χ3n) is 1.81. The molecule has 0 unspecified atom stereocenters. The fraction of sp³-hybridized carbons (Fsp3) is 0.125. The van der Waals surface area contributed by atoms with Gasteiger partial charge in [-0.1, -0.05) is 11.6 Å². The minimum atomic E-state index is -0.480. The van der Waals surface area contributed by atoms with E-state index < -0.39 is 5.82 Å². The lowest BCUT2D eigenvalue weighted by molar-refractivity contribution is -0.115. The zero-order valence-electron chi connectivity index (χ0n) is 6.03. The van der Waals surface area contributed by atoms with Crippen LogP contribution in [0.2, 0.25) is 5.02 Å². The molecule has 1 N–H and O–H groups in total. The number of nitrogens with one attached hydrogen (secondary N) is 1. The number of benzene rings is 1. The van der Waals surface area contributed by atoms with Crippen LogP contribution in [0.15, 0.2) is 12.1 Å². The van der Waals surface area contributed by atoms with Gasteiger partial charge in [-0.2, -0.15) is 0 Å². The Labute approximate surface area is 73.3 Å². The van der Waals surface area contributed by atoms with Gasteiger partial charge in [0.25, 0.3) is 0 Å². The van der Waals surface area contributed by atoms with Crippen LogP contribution in [0.1, 0.15) is 5.56 Å². The van der Waals surface area contributed by atoms with Crippen molar-refractivity contribution in [3.63, 3.8) is 0 Å². The van der Waals surface area contributed by atoms with E-state index >= 15 is 0 Å². The van der Waals surface area contributed by atoms with Gasteiger partial charge in [0.2, 0.25) is 5.91 Å². The molecule has 12 heavy (non-hydrogen) atoms. The zero-order valence-corrected chi connectivity index (χ0v) is 6.78. The van der Waals surface area contributed by atoms with Gasteiger partial charge < -0.3 is 5.32 Å². The molecule has 1 aliphatic rings. The number of carbonyl (C=O) groups is 1. The molecule has 0 aliphatic carbocycles. The van der Waals surface area contributed by atoms with Gasteiger partial charge >= 0.3 is 0 Å². The van der Waals surface area contributed by atoms with Gasteiger partial charge in [-0.15, -0.1) is 0 Å². The third-order valence-corrected chi connectivity index (χ3v) is 2.22. The summed E-state index contributed by atoms with van der Waals surface area (Å²) in [7, 11) is 0. The van der Waals surface area contributed by atoms with E-state index in [-0.39, 0.29) is 17.4 Å². The van der Waals surface area contributed by atoms with Crippen LogP contribution >= 0.6 is 11.6 Å². The Morgan fingerprint density at radius 2 is 2.25 bits per heavy atom. The second kappa shape index (κ2) is 2.45. The summed E-state index contributed by atoms with van der Waals surface area (Å²) in [6, 6.07) is 2.76. The van der Waals surface area contributed by atoms with E-state index in [2.05, 4.69) is 5.32 Å². The Kier molecular flexibility index (Phi) is 1.54. The van der Waals surface area contributed by atoms with Gasteiger partial charge in [0.1, 0.15) is 5.82 Å². The summed E-state index contributed by atoms with van der Waals surface area (Å²) in [5.74, 6) is -0.621. The number of hydrogen-bond acceptors (Lipinski definition) is 1. The molecule has 0 atom stereocenters. The van der Waals surface area contributed by atoms with Crippen molar-refractivity contribution in [2.45, 2.75) is 6.42 Å². The van der Waals surface area contributed by atoms with Gasteiger partial charge in [0.15, 0.2) is 0 Å². The van der Waals surface area contributed by atoms with Crippen LogP contribution in [0.25, 0.3) is 0 Å². The molecule has 1 heterocycles. The van der Waals surface area contributed by atoms with Crippen LogP contribution < -0.4 is 5.32 Å². The summed E-state index contributed by atoms with van der Waals surface area (Å²) in [6.07, 6.45) is 0.173. The van der Waals surface area contributed by atoms with Crippen molar-refractivity contribution >= 4 is 23.2 Å². The molecule has 0 spiro atoms. The van der Waals surface area contributed by atoms with E-state index in [1.165, 1.54) is 12.1 Å². The highest BCUT2D eigenvalue weighted by atomic mass is 35.5. The first-order valence-corrected chi connectivity index (χ1v) is 3.83. The summed E-state index contributed by atoms with van der Waals surface area (Å²) in [5, 5.41) is 2.62. The number of halogens is 2. The Bertz CT molecular complexity index is 364. The van der Waals surface area contributed by atoms with Crippen molar-refractivity contribution < 1.29 is 9.18 Å². The maximum absolute atomic E-state index is 12.8. The molecule has 1 aromatic carbocycles. The molecule has 0 saturated carbocycles. The van der Waals surface area contributed by atoms with Crippen LogP contribution in [0.5, 0.6) is 0 Å². The first-order valence-electron chi connectivity index (χ1n) is 3.45. The van der Waals surface area contributed by atoms with Crippen molar-refractivity contribution in [2.75, 3.05) is 5.32 Å². The number of rotatable bonds is 0. The van der Waals surface area contributed by atoms with Gasteiger partial charge in [-0.3, -0.25) is 4.79 Å². The van der Waals surface area contributed by atoms with Crippen LogP contribution in [-0.2, 0) is 11.2 Å². The predicted molar refractivity (Wildman–Crippen MR) is 43.7 cm³/mol. The predicted octanol–water partition coefficient (Wildman–Crippen LogP) is 1.97. The first-order chi connectivity index (χ1) is 5.68. The van der Waals surface area contributed by atoms with Gasteiger partial charge in [0, 0.05) is 11.3 Å². The molecule has 1 aromatic rings. The highest BCUT2D eigenvalue weighted by Gasteiger charge is 2.21. The van der Waals surface area contributed by atoms with E-state index in [0.717, 1.165) is 0 Å². The van der Waals surface area contributed by atoms with Crippen molar-refractivity contribution in [2.24, 2.45) is 0 Å². The minimum absolute atomic E-state index is 0.0471. The normalized spacial score (nSPS) is 14.3. The summed E-state index contributed by atoms with van der Waals surface area (Å²) >= 11 is 5.64. The molecule has 2 rings (SSSR count). The highest BCUT2D eigenvalue weighted by molar-refractivity contribution is 6.32. The Balaban J connectivity index is 2.61. The van der Waals surface area contributed by atoms with Gasteiger partial charge in [0.05, 0.1) is 11.4 Å². The second-order valence-corrected chi connectivity index (χ2v) is 2.99. The Hall–Kier alpha value is -1.09. The SMILES string of the molecule is O=C1Cc2c(ccc(F)c2Cl)N1. The minimum Gasteiger partial charge on any atom is -0.325 e. The second-order valence-electron chi connectivity index (χ2n) is 2.61. The summed E-state index contributed by atoms with van der Waals surface area (Å²) in [4.78, 5) is 10.9. The van der Waals surface area contributed by atoms with Crippen molar-refractivity contribution in [1.82, 2.24) is 0 Å². The average molecular weight is 186 g/mol. The molecular weight excluding hydrogens is 181 g/mol. The summed E-state index contributed by atoms with van der Waals surface area (Å²) < 4.78 is 12.8. The number of hydrogen-bond donors (Lipinski definition) is 1. The van der Waals surface area contributed by atoms with Crippen molar-refractivity contribution in [3.8, 4) is 0 Å². The highest BCUT2D eigenvalue weighted by Crippen LogP contribution is 2.31. The van der Waals surface area contributed by atoms with E-state index in [1.807, 2.05) is 0 Å². The molecule has 2 nitrogen and oxygen atoms in total.